The standard InChI is InChI=1S/C15H19F3N2O2/c1-5-20(13(22)15(16,17)18)11-8-6-10(7-9-11)19-12(21)14(2,3)4/h6-9H,5H2,1-4H3,(H,19,21). The summed E-state index contributed by atoms with van der Waals surface area (Å²) in [5.74, 6) is -2.12. The van der Waals surface area contributed by atoms with Crippen molar-refractivity contribution in [3.05, 3.63) is 24.3 Å². The maximum Gasteiger partial charge on any atom is 0.471 e. The van der Waals surface area contributed by atoms with Gasteiger partial charge in [0.05, 0.1) is 0 Å². The van der Waals surface area contributed by atoms with Gasteiger partial charge < -0.3 is 10.2 Å². The quantitative estimate of drug-likeness (QED) is 0.926. The van der Waals surface area contributed by atoms with Gasteiger partial charge in [-0.3, -0.25) is 9.59 Å². The second kappa shape index (κ2) is 6.37. The summed E-state index contributed by atoms with van der Waals surface area (Å²) in [4.78, 5) is 23.8. The molecule has 0 unspecified atom stereocenters. The van der Waals surface area contributed by atoms with E-state index in [0.717, 1.165) is 0 Å². The highest BCUT2D eigenvalue weighted by atomic mass is 19.4. The number of nitrogens with one attached hydrogen (secondary N) is 1. The molecule has 0 heterocycles. The molecule has 1 aromatic rings. The lowest BCUT2D eigenvalue weighted by Crippen LogP contribution is -2.41. The number of carbonyl (C=O) groups is 2. The van der Waals surface area contributed by atoms with Gasteiger partial charge in [0.25, 0.3) is 0 Å². The molecule has 22 heavy (non-hydrogen) atoms. The summed E-state index contributed by atoms with van der Waals surface area (Å²) in [6, 6.07) is 5.66. The summed E-state index contributed by atoms with van der Waals surface area (Å²) in [5.41, 5.74) is -0.00169. The lowest BCUT2D eigenvalue weighted by Gasteiger charge is -2.23. The van der Waals surface area contributed by atoms with Crippen LogP contribution in [-0.4, -0.2) is 24.5 Å². The Morgan fingerprint density at radius 3 is 1.95 bits per heavy atom. The van der Waals surface area contributed by atoms with E-state index in [4.69, 9.17) is 0 Å². The molecule has 0 aliphatic carbocycles. The Labute approximate surface area is 127 Å². The topological polar surface area (TPSA) is 49.4 Å². The van der Waals surface area contributed by atoms with E-state index in [1.807, 2.05) is 0 Å². The van der Waals surface area contributed by atoms with Gasteiger partial charge in [-0.1, -0.05) is 20.8 Å². The minimum absolute atomic E-state index is 0.105. The Morgan fingerprint density at radius 2 is 1.59 bits per heavy atom. The van der Waals surface area contributed by atoms with Gasteiger partial charge in [-0.2, -0.15) is 13.2 Å². The fourth-order valence-corrected chi connectivity index (χ4v) is 1.64. The molecular weight excluding hydrogens is 297 g/mol. The molecule has 0 aromatic heterocycles. The molecule has 2 amide bonds. The summed E-state index contributed by atoms with van der Waals surface area (Å²) in [6.07, 6.45) is -4.92. The molecule has 1 N–H and O–H groups in total. The van der Waals surface area contributed by atoms with E-state index in [9.17, 15) is 22.8 Å². The van der Waals surface area contributed by atoms with Gasteiger partial charge in [0.2, 0.25) is 5.91 Å². The van der Waals surface area contributed by atoms with E-state index in [-0.39, 0.29) is 18.1 Å². The Kier molecular flexibility index (Phi) is 5.22. The van der Waals surface area contributed by atoms with Crippen molar-refractivity contribution in [2.24, 2.45) is 5.41 Å². The molecule has 0 aliphatic heterocycles. The molecule has 0 saturated carbocycles. The first-order valence-electron chi connectivity index (χ1n) is 6.77. The number of rotatable bonds is 3. The number of benzene rings is 1. The van der Waals surface area contributed by atoms with Crippen LogP contribution >= 0.6 is 0 Å². The zero-order chi connectivity index (χ0) is 17.1. The predicted molar refractivity (Wildman–Crippen MR) is 78.6 cm³/mol. The predicted octanol–water partition coefficient (Wildman–Crippen LogP) is 3.59. The van der Waals surface area contributed by atoms with Crippen LogP contribution < -0.4 is 10.2 Å². The second-order valence-corrected chi connectivity index (χ2v) is 5.80. The molecule has 7 heteroatoms. The number of anilines is 2. The summed E-state index contributed by atoms with van der Waals surface area (Å²) in [6.45, 7) is 6.59. The van der Waals surface area contributed by atoms with Crippen LogP contribution in [0.3, 0.4) is 0 Å². The molecule has 0 radical (unpaired) electrons. The molecule has 0 bridgehead atoms. The third kappa shape index (κ3) is 4.47. The number of amides is 2. The molecule has 0 spiro atoms. The average Bonchev–Trinajstić information content (AvgIpc) is 2.39. The zero-order valence-corrected chi connectivity index (χ0v) is 12.9. The number of alkyl halides is 3. The maximum absolute atomic E-state index is 12.5. The van der Waals surface area contributed by atoms with Crippen molar-refractivity contribution in [3.63, 3.8) is 0 Å². The maximum atomic E-state index is 12.5. The first kappa shape index (κ1) is 18.0. The van der Waals surface area contributed by atoms with E-state index in [2.05, 4.69) is 5.32 Å². The van der Waals surface area contributed by atoms with E-state index in [0.29, 0.717) is 10.6 Å². The first-order valence-corrected chi connectivity index (χ1v) is 6.77. The number of carbonyl (C=O) groups excluding carboxylic acids is 2. The van der Waals surface area contributed by atoms with Crippen LogP contribution in [0, 0.1) is 5.41 Å². The van der Waals surface area contributed by atoms with Crippen LogP contribution in [-0.2, 0) is 9.59 Å². The van der Waals surface area contributed by atoms with Gasteiger partial charge in [-0.05, 0) is 31.2 Å². The van der Waals surface area contributed by atoms with Crippen molar-refractivity contribution in [1.82, 2.24) is 0 Å². The van der Waals surface area contributed by atoms with E-state index < -0.39 is 17.5 Å². The van der Waals surface area contributed by atoms with Crippen LogP contribution in [0.1, 0.15) is 27.7 Å². The van der Waals surface area contributed by atoms with Crippen molar-refractivity contribution in [2.75, 3.05) is 16.8 Å². The van der Waals surface area contributed by atoms with Gasteiger partial charge in [0, 0.05) is 23.3 Å². The van der Waals surface area contributed by atoms with Gasteiger partial charge in [-0.25, -0.2) is 0 Å². The molecule has 0 aliphatic rings. The van der Waals surface area contributed by atoms with Crippen LogP contribution in [0.2, 0.25) is 0 Å². The summed E-state index contributed by atoms with van der Waals surface area (Å²) in [7, 11) is 0. The van der Waals surface area contributed by atoms with Gasteiger partial charge in [-0.15, -0.1) is 0 Å². The normalized spacial score (nSPS) is 12.0. The fraction of sp³-hybridized carbons (Fsp3) is 0.467. The number of halogens is 3. The molecule has 4 nitrogen and oxygen atoms in total. The first-order chi connectivity index (χ1) is 9.96. The number of hydrogen-bond acceptors (Lipinski definition) is 2. The number of nitrogens with zero attached hydrogens (tertiary/aromatic N) is 1. The third-order valence-corrected chi connectivity index (χ3v) is 2.92. The molecule has 0 fully saturated rings. The summed E-state index contributed by atoms with van der Waals surface area (Å²) < 4.78 is 37.5. The van der Waals surface area contributed by atoms with Gasteiger partial charge in [0.1, 0.15) is 0 Å². The second-order valence-electron chi connectivity index (χ2n) is 5.80. The fourth-order valence-electron chi connectivity index (χ4n) is 1.64. The highest BCUT2D eigenvalue weighted by molar-refractivity contribution is 5.98. The molecule has 1 aromatic carbocycles. The van der Waals surface area contributed by atoms with Crippen molar-refractivity contribution < 1.29 is 22.8 Å². The molecule has 1 rings (SSSR count). The Bertz CT molecular complexity index is 545. The van der Waals surface area contributed by atoms with Crippen LogP contribution in [0.15, 0.2) is 24.3 Å². The average molecular weight is 316 g/mol. The van der Waals surface area contributed by atoms with Crippen LogP contribution in [0.5, 0.6) is 0 Å². The lowest BCUT2D eigenvalue weighted by atomic mass is 9.95. The van der Waals surface area contributed by atoms with E-state index in [1.54, 1.807) is 20.8 Å². The van der Waals surface area contributed by atoms with E-state index >= 15 is 0 Å². The summed E-state index contributed by atoms with van der Waals surface area (Å²) in [5, 5.41) is 2.66. The van der Waals surface area contributed by atoms with Crippen LogP contribution in [0.25, 0.3) is 0 Å². The lowest BCUT2D eigenvalue weighted by molar-refractivity contribution is -0.170. The van der Waals surface area contributed by atoms with Gasteiger partial charge >= 0.3 is 12.1 Å². The largest absolute Gasteiger partial charge is 0.471 e. The molecule has 0 atom stereocenters. The Balaban J connectivity index is 2.92. The Hall–Kier alpha value is -2.05. The van der Waals surface area contributed by atoms with Crippen molar-refractivity contribution >= 4 is 23.2 Å². The molecule has 122 valence electrons. The highest BCUT2D eigenvalue weighted by Gasteiger charge is 2.42. The molecule has 0 saturated heterocycles. The molecular formula is C15H19F3N2O2. The van der Waals surface area contributed by atoms with Crippen molar-refractivity contribution in [3.8, 4) is 0 Å². The SMILES string of the molecule is CCN(C(=O)C(F)(F)F)c1ccc(NC(=O)C(C)(C)C)cc1. The summed E-state index contributed by atoms with van der Waals surface area (Å²) >= 11 is 0. The monoisotopic (exact) mass is 316 g/mol. The zero-order valence-electron chi connectivity index (χ0n) is 12.9. The van der Waals surface area contributed by atoms with Gasteiger partial charge in [0.15, 0.2) is 0 Å². The number of hydrogen-bond donors (Lipinski definition) is 1. The minimum Gasteiger partial charge on any atom is -0.326 e. The van der Waals surface area contributed by atoms with Crippen molar-refractivity contribution in [1.29, 1.82) is 0 Å². The van der Waals surface area contributed by atoms with E-state index in [1.165, 1.54) is 31.2 Å². The third-order valence-electron chi connectivity index (χ3n) is 2.92. The van der Waals surface area contributed by atoms with Crippen molar-refractivity contribution in [2.45, 2.75) is 33.9 Å². The minimum atomic E-state index is -4.92. The smallest absolute Gasteiger partial charge is 0.326 e. The Morgan fingerprint density at radius 1 is 1.09 bits per heavy atom. The highest BCUT2D eigenvalue weighted by Crippen LogP contribution is 2.25. The van der Waals surface area contributed by atoms with Crippen LogP contribution in [0.4, 0.5) is 24.5 Å².